The second-order valence-electron chi connectivity index (χ2n) is 6.37. The normalized spacial score (nSPS) is 17.5. The zero-order valence-corrected chi connectivity index (χ0v) is 14.9. The SMILES string of the molecule is CC(=O)N1CC[C@H](Nc2nnc(C(C)C)s2)c2ccc(F)cc2C1. The van der Waals surface area contributed by atoms with Crippen molar-refractivity contribution < 1.29 is 9.18 Å². The van der Waals surface area contributed by atoms with Gasteiger partial charge in [-0.15, -0.1) is 10.2 Å². The van der Waals surface area contributed by atoms with Crippen molar-refractivity contribution in [2.75, 3.05) is 11.9 Å². The molecule has 0 radical (unpaired) electrons. The molecular weight excluding hydrogens is 327 g/mol. The minimum Gasteiger partial charge on any atom is -0.353 e. The minimum atomic E-state index is -0.282. The third-order valence-electron chi connectivity index (χ3n) is 4.21. The van der Waals surface area contributed by atoms with E-state index < -0.39 is 0 Å². The number of fused-ring (bicyclic) bond motifs is 1. The molecule has 1 aromatic heterocycles. The number of halogens is 1. The van der Waals surface area contributed by atoms with Crippen molar-refractivity contribution >= 4 is 22.4 Å². The largest absolute Gasteiger partial charge is 0.353 e. The van der Waals surface area contributed by atoms with Crippen LogP contribution in [0.25, 0.3) is 0 Å². The highest BCUT2D eigenvalue weighted by atomic mass is 32.1. The molecule has 128 valence electrons. The van der Waals surface area contributed by atoms with Gasteiger partial charge < -0.3 is 10.2 Å². The Morgan fingerprint density at radius 3 is 2.88 bits per heavy atom. The highest BCUT2D eigenvalue weighted by Gasteiger charge is 2.25. The lowest BCUT2D eigenvalue weighted by Crippen LogP contribution is -2.28. The standard InChI is InChI=1S/C17H21FN4OS/c1-10(2)16-20-21-17(24-16)19-15-6-7-22(11(3)23)9-12-8-13(18)4-5-14(12)15/h4-5,8,10,15H,6-7,9H2,1-3H3,(H,19,21)/t15-/m0/s1. The molecule has 0 saturated carbocycles. The quantitative estimate of drug-likeness (QED) is 0.919. The summed E-state index contributed by atoms with van der Waals surface area (Å²) in [6.45, 7) is 6.77. The Morgan fingerprint density at radius 2 is 2.21 bits per heavy atom. The summed E-state index contributed by atoms with van der Waals surface area (Å²) in [5.41, 5.74) is 1.86. The predicted molar refractivity (Wildman–Crippen MR) is 92.5 cm³/mol. The van der Waals surface area contributed by atoms with Gasteiger partial charge >= 0.3 is 0 Å². The molecule has 1 aliphatic heterocycles. The van der Waals surface area contributed by atoms with Crippen LogP contribution in [-0.2, 0) is 11.3 Å². The Hall–Kier alpha value is -2.02. The van der Waals surface area contributed by atoms with E-state index in [0.717, 1.165) is 27.7 Å². The fourth-order valence-corrected chi connectivity index (χ4v) is 3.67. The van der Waals surface area contributed by atoms with Crippen LogP contribution in [0.2, 0.25) is 0 Å². The molecule has 2 heterocycles. The van der Waals surface area contributed by atoms with E-state index in [1.165, 1.54) is 23.5 Å². The van der Waals surface area contributed by atoms with Gasteiger partial charge in [0.25, 0.3) is 0 Å². The van der Waals surface area contributed by atoms with Gasteiger partial charge in [0.1, 0.15) is 10.8 Å². The highest BCUT2D eigenvalue weighted by Crippen LogP contribution is 2.32. The second-order valence-corrected chi connectivity index (χ2v) is 7.38. The molecule has 0 aliphatic carbocycles. The molecule has 1 atom stereocenters. The fourth-order valence-electron chi connectivity index (χ4n) is 2.87. The molecule has 2 aromatic rings. The number of nitrogens with one attached hydrogen (secondary N) is 1. The molecule has 0 spiro atoms. The number of carbonyl (C=O) groups excluding carboxylic acids is 1. The average molecular weight is 348 g/mol. The molecular formula is C17H21FN4OS. The Balaban J connectivity index is 1.88. The number of anilines is 1. The number of rotatable bonds is 3. The molecule has 1 amide bonds. The monoisotopic (exact) mass is 348 g/mol. The first-order valence-electron chi connectivity index (χ1n) is 8.08. The first-order chi connectivity index (χ1) is 11.4. The van der Waals surface area contributed by atoms with Gasteiger partial charge in [0.15, 0.2) is 0 Å². The molecule has 1 aromatic carbocycles. The van der Waals surface area contributed by atoms with Crippen molar-refractivity contribution in [3.05, 3.63) is 40.2 Å². The van der Waals surface area contributed by atoms with Gasteiger partial charge in [0.05, 0.1) is 6.04 Å². The van der Waals surface area contributed by atoms with E-state index in [4.69, 9.17) is 0 Å². The summed E-state index contributed by atoms with van der Waals surface area (Å²) in [5, 5.41) is 13.6. The van der Waals surface area contributed by atoms with Gasteiger partial charge in [-0.05, 0) is 29.7 Å². The van der Waals surface area contributed by atoms with Crippen LogP contribution in [0.4, 0.5) is 9.52 Å². The van der Waals surface area contributed by atoms with Gasteiger partial charge in [-0.2, -0.15) is 0 Å². The lowest BCUT2D eigenvalue weighted by atomic mass is 9.99. The molecule has 1 aliphatic rings. The lowest BCUT2D eigenvalue weighted by Gasteiger charge is -2.19. The van der Waals surface area contributed by atoms with E-state index in [1.807, 2.05) is 0 Å². The van der Waals surface area contributed by atoms with Crippen molar-refractivity contribution in [1.82, 2.24) is 15.1 Å². The molecule has 0 fully saturated rings. The van der Waals surface area contributed by atoms with E-state index in [-0.39, 0.29) is 17.8 Å². The second kappa shape index (κ2) is 6.84. The van der Waals surface area contributed by atoms with Crippen LogP contribution < -0.4 is 5.32 Å². The molecule has 5 nitrogen and oxygen atoms in total. The van der Waals surface area contributed by atoms with E-state index >= 15 is 0 Å². The maximum absolute atomic E-state index is 13.7. The van der Waals surface area contributed by atoms with E-state index in [2.05, 4.69) is 29.4 Å². The van der Waals surface area contributed by atoms with Gasteiger partial charge in [-0.25, -0.2) is 4.39 Å². The fraction of sp³-hybridized carbons (Fsp3) is 0.471. The average Bonchev–Trinajstić information content (AvgIpc) is 2.91. The van der Waals surface area contributed by atoms with Gasteiger partial charge in [0.2, 0.25) is 11.0 Å². The van der Waals surface area contributed by atoms with Gasteiger partial charge in [-0.3, -0.25) is 4.79 Å². The van der Waals surface area contributed by atoms with Crippen LogP contribution in [0.5, 0.6) is 0 Å². The number of hydrogen-bond donors (Lipinski definition) is 1. The Bertz CT molecular complexity index is 746. The van der Waals surface area contributed by atoms with E-state index in [9.17, 15) is 9.18 Å². The molecule has 3 rings (SSSR count). The molecule has 24 heavy (non-hydrogen) atoms. The summed E-state index contributed by atoms with van der Waals surface area (Å²) in [6.07, 6.45) is 0.745. The van der Waals surface area contributed by atoms with Crippen LogP contribution >= 0.6 is 11.3 Å². The maximum atomic E-state index is 13.7. The molecule has 0 saturated heterocycles. The van der Waals surface area contributed by atoms with Crippen LogP contribution in [0, 0.1) is 5.82 Å². The summed E-state index contributed by atoms with van der Waals surface area (Å²) < 4.78 is 13.7. The number of amides is 1. The van der Waals surface area contributed by atoms with Crippen molar-refractivity contribution in [2.45, 2.75) is 45.7 Å². The minimum absolute atomic E-state index is 0.00358. The third-order valence-corrected chi connectivity index (χ3v) is 5.36. The van der Waals surface area contributed by atoms with Gasteiger partial charge in [0, 0.05) is 25.9 Å². The smallest absolute Gasteiger partial charge is 0.219 e. The summed E-state index contributed by atoms with van der Waals surface area (Å²) in [4.78, 5) is 13.5. The highest BCUT2D eigenvalue weighted by molar-refractivity contribution is 7.15. The van der Waals surface area contributed by atoms with Crippen molar-refractivity contribution in [1.29, 1.82) is 0 Å². The van der Waals surface area contributed by atoms with Crippen LogP contribution in [0.15, 0.2) is 18.2 Å². The van der Waals surface area contributed by atoms with Crippen molar-refractivity contribution in [3.63, 3.8) is 0 Å². The molecule has 1 N–H and O–H groups in total. The third kappa shape index (κ3) is 3.56. The first-order valence-corrected chi connectivity index (χ1v) is 8.89. The molecule has 0 unspecified atom stereocenters. The predicted octanol–water partition coefficient (Wildman–Crippen LogP) is 3.71. The molecule has 0 bridgehead atoms. The summed E-state index contributed by atoms with van der Waals surface area (Å²) >= 11 is 1.54. The number of nitrogens with zero attached hydrogens (tertiary/aromatic N) is 3. The number of benzene rings is 1. The number of aromatic nitrogens is 2. The van der Waals surface area contributed by atoms with Crippen LogP contribution in [0.3, 0.4) is 0 Å². The maximum Gasteiger partial charge on any atom is 0.219 e. The van der Waals surface area contributed by atoms with Crippen LogP contribution in [0.1, 0.15) is 55.3 Å². The first kappa shape index (κ1) is 16.8. The van der Waals surface area contributed by atoms with Crippen molar-refractivity contribution in [2.24, 2.45) is 0 Å². The van der Waals surface area contributed by atoms with Crippen molar-refractivity contribution in [3.8, 4) is 0 Å². The molecule has 7 heteroatoms. The van der Waals surface area contributed by atoms with Crippen LogP contribution in [-0.4, -0.2) is 27.5 Å². The number of hydrogen-bond acceptors (Lipinski definition) is 5. The topological polar surface area (TPSA) is 58.1 Å². The van der Waals surface area contributed by atoms with E-state index in [1.54, 1.807) is 17.9 Å². The zero-order chi connectivity index (χ0) is 17.3. The Labute approximate surface area is 144 Å². The Morgan fingerprint density at radius 1 is 1.42 bits per heavy atom. The zero-order valence-electron chi connectivity index (χ0n) is 14.0. The summed E-state index contributed by atoms with van der Waals surface area (Å²) in [7, 11) is 0. The Kier molecular flexibility index (Phi) is 4.80. The van der Waals surface area contributed by atoms with E-state index in [0.29, 0.717) is 19.0 Å². The number of carbonyl (C=O) groups is 1. The lowest BCUT2D eigenvalue weighted by molar-refractivity contribution is -0.129. The summed E-state index contributed by atoms with van der Waals surface area (Å²) in [5.74, 6) is 0.0570. The summed E-state index contributed by atoms with van der Waals surface area (Å²) in [6, 6.07) is 4.77. The van der Waals surface area contributed by atoms with Gasteiger partial charge in [-0.1, -0.05) is 31.3 Å².